The van der Waals surface area contributed by atoms with Crippen molar-refractivity contribution < 1.29 is 13.6 Å². The fourth-order valence-electron chi connectivity index (χ4n) is 3.78. The molecule has 7 nitrogen and oxygen atoms in total. The van der Waals surface area contributed by atoms with Gasteiger partial charge in [-0.3, -0.25) is 0 Å². The summed E-state index contributed by atoms with van der Waals surface area (Å²) in [6.45, 7) is 4.98. The molecule has 0 fully saturated rings. The molecule has 5 aromatic rings. The van der Waals surface area contributed by atoms with Crippen LogP contribution in [0.5, 0.6) is 5.75 Å². The van der Waals surface area contributed by atoms with Crippen LogP contribution in [0.4, 0.5) is 0 Å². The molecule has 0 aliphatic carbocycles. The molecule has 7 heteroatoms. The summed E-state index contributed by atoms with van der Waals surface area (Å²) in [5.41, 5.74) is 4.54. The monoisotopic (exact) mass is 480 g/mol. The van der Waals surface area contributed by atoms with E-state index in [1.807, 2.05) is 79.7 Å². The van der Waals surface area contributed by atoms with Crippen LogP contribution in [0, 0.1) is 6.92 Å². The summed E-state index contributed by atoms with van der Waals surface area (Å²) < 4.78 is 17.6. The van der Waals surface area contributed by atoms with E-state index in [4.69, 9.17) is 13.6 Å². The van der Waals surface area contributed by atoms with Crippen LogP contribution in [-0.2, 0) is 0 Å². The lowest BCUT2D eigenvalue weighted by molar-refractivity contribution is 0.305. The van der Waals surface area contributed by atoms with Crippen LogP contribution >= 0.6 is 0 Å². The molecule has 0 saturated heterocycles. The van der Waals surface area contributed by atoms with Gasteiger partial charge in [0.1, 0.15) is 5.75 Å². The van der Waals surface area contributed by atoms with Gasteiger partial charge in [0, 0.05) is 22.3 Å². The number of aryl methyl sites for hydroxylation is 1. The molecule has 0 spiro atoms. The second-order valence-corrected chi connectivity index (χ2v) is 8.70. The van der Waals surface area contributed by atoms with Crippen LogP contribution in [0.1, 0.15) is 38.2 Å². The van der Waals surface area contributed by atoms with Crippen molar-refractivity contribution in [3.05, 3.63) is 78.4 Å². The second-order valence-electron chi connectivity index (χ2n) is 8.70. The van der Waals surface area contributed by atoms with Crippen LogP contribution in [0.2, 0.25) is 0 Å². The van der Waals surface area contributed by atoms with Gasteiger partial charge in [0.05, 0.1) is 6.61 Å². The third-order valence-corrected chi connectivity index (χ3v) is 5.90. The molecule has 5 rings (SSSR count). The van der Waals surface area contributed by atoms with Gasteiger partial charge in [0.2, 0.25) is 23.6 Å². The first kappa shape index (κ1) is 23.5. The number of aromatic nitrogens is 4. The SMILES string of the molecule is CCCCCCOc1ccc(-c2nnc(-c3ccc(-c4nnc(-c5ccc(C)cc5)o4)cc3)o2)cc1. The zero-order valence-corrected chi connectivity index (χ0v) is 20.5. The maximum atomic E-state index is 5.92. The molecule has 0 N–H and O–H groups in total. The van der Waals surface area contributed by atoms with Crippen molar-refractivity contribution in [2.24, 2.45) is 0 Å². The van der Waals surface area contributed by atoms with Gasteiger partial charge in [-0.2, -0.15) is 0 Å². The minimum Gasteiger partial charge on any atom is -0.494 e. The zero-order chi connectivity index (χ0) is 24.7. The molecule has 0 aliphatic rings. The van der Waals surface area contributed by atoms with Crippen molar-refractivity contribution in [2.45, 2.75) is 39.5 Å². The van der Waals surface area contributed by atoms with Crippen molar-refractivity contribution >= 4 is 0 Å². The smallest absolute Gasteiger partial charge is 0.248 e. The Hall–Kier alpha value is -4.26. The Morgan fingerprint density at radius 1 is 0.556 bits per heavy atom. The van der Waals surface area contributed by atoms with E-state index in [-0.39, 0.29) is 0 Å². The number of benzene rings is 3. The average Bonchev–Trinajstić information content (AvgIpc) is 3.61. The summed E-state index contributed by atoms with van der Waals surface area (Å²) in [4.78, 5) is 0. The van der Waals surface area contributed by atoms with E-state index in [0.717, 1.165) is 41.0 Å². The first-order valence-corrected chi connectivity index (χ1v) is 12.3. The van der Waals surface area contributed by atoms with Gasteiger partial charge in [-0.15, -0.1) is 20.4 Å². The molecule has 2 aromatic heterocycles. The Morgan fingerprint density at radius 3 is 1.42 bits per heavy atom. The van der Waals surface area contributed by atoms with Gasteiger partial charge >= 0.3 is 0 Å². The highest BCUT2D eigenvalue weighted by atomic mass is 16.5. The van der Waals surface area contributed by atoms with Gasteiger partial charge in [-0.25, -0.2) is 0 Å². The molecule has 0 amide bonds. The summed E-state index contributed by atoms with van der Waals surface area (Å²) in [7, 11) is 0. The predicted octanol–water partition coefficient (Wildman–Crippen LogP) is 7.39. The normalized spacial score (nSPS) is 11.1. The summed E-state index contributed by atoms with van der Waals surface area (Å²) in [6, 6.07) is 23.3. The van der Waals surface area contributed by atoms with Crippen LogP contribution in [0.25, 0.3) is 45.8 Å². The van der Waals surface area contributed by atoms with Crippen molar-refractivity contribution in [2.75, 3.05) is 6.61 Å². The Bertz CT molecular complexity index is 1390. The third kappa shape index (κ3) is 5.51. The Morgan fingerprint density at radius 2 is 0.972 bits per heavy atom. The van der Waals surface area contributed by atoms with Crippen LogP contribution in [0.3, 0.4) is 0 Å². The maximum absolute atomic E-state index is 5.92. The topological polar surface area (TPSA) is 87.1 Å². The Labute approximate surface area is 210 Å². The number of nitrogens with zero attached hydrogens (tertiary/aromatic N) is 4. The van der Waals surface area contributed by atoms with E-state index < -0.39 is 0 Å². The molecule has 0 radical (unpaired) electrons. The largest absolute Gasteiger partial charge is 0.494 e. The first-order chi connectivity index (χ1) is 17.7. The predicted molar refractivity (Wildman–Crippen MR) is 138 cm³/mol. The molecule has 182 valence electrons. The molecule has 0 aliphatic heterocycles. The standard InChI is InChI=1S/C29H28N4O3/c1-3-4-5-6-19-34-25-17-15-24(16-18-25)29-33-32-28(36-29)23-13-11-22(12-14-23)27-31-30-26(35-27)21-9-7-20(2)8-10-21/h7-18H,3-6,19H2,1-2H3. The molecule has 3 aromatic carbocycles. The second kappa shape index (κ2) is 11.0. The number of rotatable bonds is 10. The molecular weight excluding hydrogens is 452 g/mol. The van der Waals surface area contributed by atoms with Crippen LogP contribution in [-0.4, -0.2) is 27.0 Å². The van der Waals surface area contributed by atoms with Crippen molar-refractivity contribution in [1.82, 2.24) is 20.4 Å². The van der Waals surface area contributed by atoms with Gasteiger partial charge in [-0.05, 0) is 74.0 Å². The molecular formula is C29H28N4O3. The van der Waals surface area contributed by atoms with Gasteiger partial charge in [0.15, 0.2) is 0 Å². The summed E-state index contributed by atoms with van der Waals surface area (Å²) in [5, 5.41) is 16.8. The zero-order valence-electron chi connectivity index (χ0n) is 20.5. The molecule has 2 heterocycles. The van der Waals surface area contributed by atoms with Gasteiger partial charge < -0.3 is 13.6 Å². The highest BCUT2D eigenvalue weighted by molar-refractivity contribution is 5.64. The minimum absolute atomic E-state index is 0.443. The fourth-order valence-corrected chi connectivity index (χ4v) is 3.78. The van der Waals surface area contributed by atoms with E-state index in [1.165, 1.54) is 24.8 Å². The summed E-state index contributed by atoms with van der Waals surface area (Å²) in [5.74, 6) is 2.69. The van der Waals surface area contributed by atoms with Crippen molar-refractivity contribution in [3.8, 4) is 51.6 Å². The highest BCUT2D eigenvalue weighted by Gasteiger charge is 2.13. The number of hydrogen-bond acceptors (Lipinski definition) is 7. The molecule has 0 saturated carbocycles. The van der Waals surface area contributed by atoms with Crippen LogP contribution < -0.4 is 4.74 Å². The quantitative estimate of drug-likeness (QED) is 0.193. The van der Waals surface area contributed by atoms with Crippen LogP contribution in [0.15, 0.2) is 81.6 Å². The number of ether oxygens (including phenoxy) is 1. The van der Waals surface area contributed by atoms with E-state index in [9.17, 15) is 0 Å². The lowest BCUT2D eigenvalue weighted by Crippen LogP contribution is -1.96. The maximum Gasteiger partial charge on any atom is 0.248 e. The summed E-state index contributed by atoms with van der Waals surface area (Å²) >= 11 is 0. The first-order valence-electron chi connectivity index (χ1n) is 12.3. The van der Waals surface area contributed by atoms with Gasteiger partial charge in [0.25, 0.3) is 0 Å². The van der Waals surface area contributed by atoms with E-state index >= 15 is 0 Å². The molecule has 36 heavy (non-hydrogen) atoms. The van der Waals surface area contributed by atoms with E-state index in [1.54, 1.807) is 0 Å². The minimum atomic E-state index is 0.443. The average molecular weight is 481 g/mol. The third-order valence-electron chi connectivity index (χ3n) is 5.90. The van der Waals surface area contributed by atoms with Gasteiger partial charge in [-0.1, -0.05) is 43.9 Å². The Balaban J connectivity index is 1.23. The van der Waals surface area contributed by atoms with Crippen molar-refractivity contribution in [1.29, 1.82) is 0 Å². The lowest BCUT2D eigenvalue weighted by Gasteiger charge is -2.06. The lowest BCUT2D eigenvalue weighted by atomic mass is 10.1. The number of hydrogen-bond donors (Lipinski definition) is 0. The molecule has 0 atom stereocenters. The highest BCUT2D eigenvalue weighted by Crippen LogP contribution is 2.28. The number of unbranched alkanes of at least 4 members (excludes halogenated alkanes) is 3. The summed E-state index contributed by atoms with van der Waals surface area (Å²) in [6.07, 6.45) is 4.74. The fraction of sp³-hybridized carbons (Fsp3) is 0.241. The van der Waals surface area contributed by atoms with E-state index in [0.29, 0.717) is 23.6 Å². The molecule has 0 unspecified atom stereocenters. The molecule has 0 bridgehead atoms. The Kier molecular flexibility index (Phi) is 7.17. The van der Waals surface area contributed by atoms with E-state index in [2.05, 4.69) is 27.3 Å². The van der Waals surface area contributed by atoms with Crippen molar-refractivity contribution in [3.63, 3.8) is 0 Å².